The zero-order valence-corrected chi connectivity index (χ0v) is 14.5. The van der Waals surface area contributed by atoms with E-state index in [0.29, 0.717) is 43.9 Å². The van der Waals surface area contributed by atoms with Gasteiger partial charge in [-0.1, -0.05) is 6.92 Å². The number of halogens is 2. The minimum Gasteiger partial charge on any atom is -0.424 e. The number of rotatable bonds is 5. The maximum atomic E-state index is 13.3. The molecule has 1 aromatic heterocycles. The summed E-state index contributed by atoms with van der Waals surface area (Å²) in [5, 5.41) is 7.84. The van der Waals surface area contributed by atoms with Gasteiger partial charge in [0.05, 0.1) is 11.4 Å². The van der Waals surface area contributed by atoms with Crippen LogP contribution in [0.3, 0.4) is 0 Å². The molecule has 0 aliphatic carbocycles. The van der Waals surface area contributed by atoms with Crippen molar-refractivity contribution in [2.75, 3.05) is 26.2 Å². The first kappa shape index (κ1) is 17.9. The Bertz CT molecular complexity index is 848. The van der Waals surface area contributed by atoms with Crippen molar-refractivity contribution in [3.63, 3.8) is 0 Å². The third kappa shape index (κ3) is 3.86. The van der Waals surface area contributed by atoms with Crippen LogP contribution in [0.2, 0.25) is 0 Å². The van der Waals surface area contributed by atoms with Crippen molar-refractivity contribution in [2.45, 2.75) is 24.8 Å². The van der Waals surface area contributed by atoms with Gasteiger partial charge in [-0.25, -0.2) is 17.2 Å². The fourth-order valence-corrected chi connectivity index (χ4v) is 4.04. The largest absolute Gasteiger partial charge is 0.424 e. The summed E-state index contributed by atoms with van der Waals surface area (Å²) in [4.78, 5) is 1.76. The lowest BCUT2D eigenvalue weighted by atomic mass is 10.3. The molecule has 3 rings (SSSR count). The zero-order valence-electron chi connectivity index (χ0n) is 13.7. The molecule has 1 fully saturated rings. The van der Waals surface area contributed by atoms with Gasteiger partial charge in [0.15, 0.2) is 11.6 Å². The minimum absolute atomic E-state index is 0.246. The zero-order chi connectivity index (χ0) is 18.0. The average Bonchev–Trinajstić information content (AvgIpc) is 3.05. The summed E-state index contributed by atoms with van der Waals surface area (Å²) in [5.74, 6) is -1.19. The van der Waals surface area contributed by atoms with E-state index in [2.05, 4.69) is 10.2 Å². The Morgan fingerprint density at radius 3 is 2.36 bits per heavy atom. The first-order chi connectivity index (χ1) is 11.9. The number of nitrogens with zero attached hydrogens (tertiary/aromatic N) is 4. The molecule has 0 saturated carbocycles. The molecule has 0 unspecified atom stereocenters. The van der Waals surface area contributed by atoms with Crippen molar-refractivity contribution in [3.8, 4) is 0 Å². The highest BCUT2D eigenvalue weighted by Gasteiger charge is 2.29. The van der Waals surface area contributed by atoms with Crippen LogP contribution in [0.15, 0.2) is 27.5 Å². The van der Waals surface area contributed by atoms with Crippen molar-refractivity contribution in [1.82, 2.24) is 19.4 Å². The van der Waals surface area contributed by atoms with Gasteiger partial charge in [-0.05, 0) is 18.2 Å². The second-order valence-corrected chi connectivity index (χ2v) is 7.64. The molecule has 0 spiro atoms. The van der Waals surface area contributed by atoms with Crippen LogP contribution in [-0.4, -0.2) is 54.0 Å². The summed E-state index contributed by atoms with van der Waals surface area (Å²) in [6.07, 6.45) is 0.660. The third-order valence-electron chi connectivity index (χ3n) is 4.03. The highest BCUT2D eigenvalue weighted by atomic mass is 32.2. The Morgan fingerprint density at radius 1 is 1.08 bits per heavy atom. The van der Waals surface area contributed by atoms with Gasteiger partial charge in [-0.15, -0.1) is 10.2 Å². The quantitative estimate of drug-likeness (QED) is 0.790. The summed E-state index contributed by atoms with van der Waals surface area (Å²) in [6.45, 7) is 3.82. The van der Waals surface area contributed by atoms with E-state index in [1.165, 1.54) is 4.31 Å². The van der Waals surface area contributed by atoms with E-state index in [4.69, 9.17) is 4.42 Å². The number of hydrogen-bond donors (Lipinski definition) is 0. The molecule has 0 amide bonds. The Kier molecular flexibility index (Phi) is 5.11. The molecule has 0 atom stereocenters. The van der Waals surface area contributed by atoms with E-state index < -0.39 is 21.7 Å². The van der Waals surface area contributed by atoms with Crippen LogP contribution in [0, 0.1) is 11.6 Å². The van der Waals surface area contributed by atoms with E-state index >= 15 is 0 Å². The Hall–Kier alpha value is -1.91. The molecule has 2 heterocycles. The number of sulfonamides is 1. The summed E-state index contributed by atoms with van der Waals surface area (Å²) >= 11 is 0. The molecule has 10 heteroatoms. The van der Waals surface area contributed by atoms with Crippen LogP contribution in [0.5, 0.6) is 0 Å². The number of aromatic nitrogens is 2. The molecule has 136 valence electrons. The smallest absolute Gasteiger partial charge is 0.243 e. The molecule has 1 saturated heterocycles. The number of piperazine rings is 1. The topological polar surface area (TPSA) is 79.5 Å². The van der Waals surface area contributed by atoms with Crippen molar-refractivity contribution < 1.29 is 21.6 Å². The highest BCUT2D eigenvalue weighted by Crippen LogP contribution is 2.20. The highest BCUT2D eigenvalue weighted by molar-refractivity contribution is 7.89. The average molecular weight is 372 g/mol. The van der Waals surface area contributed by atoms with Crippen LogP contribution >= 0.6 is 0 Å². The van der Waals surface area contributed by atoms with Crippen molar-refractivity contribution in [3.05, 3.63) is 41.6 Å². The Morgan fingerprint density at radius 2 is 1.76 bits per heavy atom. The van der Waals surface area contributed by atoms with Gasteiger partial charge < -0.3 is 4.42 Å². The summed E-state index contributed by atoms with van der Waals surface area (Å²) in [6, 6.07) is 2.60. The Balaban J connectivity index is 1.63. The first-order valence-corrected chi connectivity index (χ1v) is 9.33. The lowest BCUT2D eigenvalue weighted by Gasteiger charge is -2.33. The number of hydrogen-bond acceptors (Lipinski definition) is 6. The van der Waals surface area contributed by atoms with Crippen LogP contribution in [0.1, 0.15) is 18.7 Å². The maximum Gasteiger partial charge on any atom is 0.243 e. The predicted octanol–water partition coefficient (Wildman–Crippen LogP) is 1.42. The fourth-order valence-electron chi connectivity index (χ4n) is 2.60. The minimum atomic E-state index is -3.85. The van der Waals surface area contributed by atoms with Gasteiger partial charge in [0, 0.05) is 32.6 Å². The lowest BCUT2D eigenvalue weighted by Crippen LogP contribution is -2.48. The van der Waals surface area contributed by atoms with Gasteiger partial charge in [0.25, 0.3) is 0 Å². The molecule has 0 radical (unpaired) electrons. The fraction of sp³-hybridized carbons (Fsp3) is 0.467. The Labute approximate surface area is 144 Å². The van der Waals surface area contributed by atoms with Gasteiger partial charge >= 0.3 is 0 Å². The summed E-state index contributed by atoms with van der Waals surface area (Å²) in [5.41, 5.74) is 0. The van der Waals surface area contributed by atoms with E-state index in [9.17, 15) is 17.2 Å². The molecule has 0 bridgehead atoms. The van der Waals surface area contributed by atoms with Gasteiger partial charge in [0.1, 0.15) is 0 Å². The third-order valence-corrected chi connectivity index (χ3v) is 5.92. The van der Waals surface area contributed by atoms with Gasteiger partial charge in [-0.3, -0.25) is 4.90 Å². The molecule has 2 aromatic rings. The maximum absolute atomic E-state index is 13.3. The first-order valence-electron chi connectivity index (χ1n) is 7.89. The van der Waals surface area contributed by atoms with Crippen LogP contribution < -0.4 is 0 Å². The standard InChI is InChI=1S/C15H18F2N4O3S/c1-2-14-18-19-15(24-14)10-20-5-7-21(8-6-20)25(22,23)11-3-4-12(16)13(17)9-11/h3-4,9H,2,5-8,10H2,1H3. The van der Waals surface area contributed by atoms with E-state index in [1.54, 1.807) is 0 Å². The van der Waals surface area contributed by atoms with E-state index in [1.807, 2.05) is 11.8 Å². The summed E-state index contributed by atoms with van der Waals surface area (Å²) in [7, 11) is -3.85. The normalized spacial score (nSPS) is 17.1. The van der Waals surface area contributed by atoms with Crippen molar-refractivity contribution >= 4 is 10.0 Å². The summed E-state index contributed by atoms with van der Waals surface area (Å²) < 4.78 is 58.1. The van der Waals surface area contributed by atoms with Gasteiger partial charge in [0.2, 0.25) is 21.8 Å². The SMILES string of the molecule is CCc1nnc(CN2CCN(S(=O)(=O)c3ccc(F)c(F)c3)CC2)o1. The second kappa shape index (κ2) is 7.14. The molecule has 1 aromatic carbocycles. The van der Waals surface area contributed by atoms with Gasteiger partial charge in [-0.2, -0.15) is 4.31 Å². The van der Waals surface area contributed by atoms with Crippen molar-refractivity contribution in [2.24, 2.45) is 0 Å². The molecule has 25 heavy (non-hydrogen) atoms. The molecule has 1 aliphatic rings. The predicted molar refractivity (Wildman–Crippen MR) is 84.1 cm³/mol. The lowest BCUT2D eigenvalue weighted by molar-refractivity contribution is 0.167. The second-order valence-electron chi connectivity index (χ2n) is 5.70. The van der Waals surface area contributed by atoms with Crippen molar-refractivity contribution in [1.29, 1.82) is 0 Å². The van der Waals surface area contributed by atoms with Crippen LogP contribution in [0.25, 0.3) is 0 Å². The molecular formula is C15H18F2N4O3S. The van der Waals surface area contributed by atoms with Crippen LogP contribution in [0.4, 0.5) is 8.78 Å². The molecular weight excluding hydrogens is 354 g/mol. The monoisotopic (exact) mass is 372 g/mol. The molecule has 7 nitrogen and oxygen atoms in total. The molecule has 1 aliphatic heterocycles. The van der Waals surface area contributed by atoms with E-state index in [0.717, 1.165) is 12.1 Å². The molecule has 0 N–H and O–H groups in total. The van der Waals surface area contributed by atoms with Crippen LogP contribution in [-0.2, 0) is 23.0 Å². The number of aryl methyl sites for hydroxylation is 1. The van der Waals surface area contributed by atoms with E-state index in [-0.39, 0.29) is 18.0 Å². The number of benzene rings is 1.